The third kappa shape index (κ3) is 2.61. The third-order valence-electron chi connectivity index (χ3n) is 1.82. The number of anilines is 1. The molecule has 0 heterocycles. The van der Waals surface area contributed by atoms with E-state index in [-0.39, 0.29) is 14.8 Å². The monoisotopic (exact) mass is 329 g/mol. The molecule has 6 heteroatoms. The van der Waals surface area contributed by atoms with Crippen molar-refractivity contribution in [2.24, 2.45) is 0 Å². The number of rotatable bonds is 1. The van der Waals surface area contributed by atoms with Crippen molar-refractivity contribution in [1.82, 2.24) is 0 Å². The minimum absolute atomic E-state index is 0.0115. The van der Waals surface area contributed by atoms with E-state index in [9.17, 15) is 18.0 Å². The number of benzene rings is 1. The first-order valence-electron chi connectivity index (χ1n) is 3.90. The molecule has 2 N–H and O–H groups in total. The predicted molar refractivity (Wildman–Crippen MR) is 58.6 cm³/mol. The minimum Gasteiger partial charge on any atom is -0.398 e. The van der Waals surface area contributed by atoms with E-state index in [2.05, 4.69) is 0 Å². The van der Waals surface area contributed by atoms with Crippen molar-refractivity contribution in [3.63, 3.8) is 0 Å². The Bertz CT molecular complexity index is 415. The second-order valence-electron chi connectivity index (χ2n) is 2.97. The maximum absolute atomic E-state index is 12.5. The van der Waals surface area contributed by atoms with Gasteiger partial charge in [0.1, 0.15) is 0 Å². The number of carbonyl (C=O) groups excluding carboxylic acids is 1. The van der Waals surface area contributed by atoms with Crippen LogP contribution in [0.5, 0.6) is 0 Å². The second-order valence-corrected chi connectivity index (χ2v) is 4.14. The zero-order chi connectivity index (χ0) is 11.8. The highest BCUT2D eigenvalue weighted by molar-refractivity contribution is 14.1. The molecule has 0 unspecified atom stereocenters. The first-order chi connectivity index (χ1) is 6.73. The smallest absolute Gasteiger partial charge is 0.398 e. The number of hydrogen-bond acceptors (Lipinski definition) is 2. The molecule has 1 rings (SSSR count). The van der Waals surface area contributed by atoms with Gasteiger partial charge in [0.15, 0.2) is 5.78 Å². The highest BCUT2D eigenvalue weighted by Gasteiger charge is 2.33. The van der Waals surface area contributed by atoms with Crippen LogP contribution >= 0.6 is 22.6 Å². The Morgan fingerprint density at radius 3 is 2.33 bits per heavy atom. The average Bonchev–Trinajstić information content (AvgIpc) is 2.00. The van der Waals surface area contributed by atoms with Crippen LogP contribution in [0.25, 0.3) is 0 Å². The van der Waals surface area contributed by atoms with Crippen LogP contribution in [0.2, 0.25) is 0 Å². The lowest BCUT2D eigenvalue weighted by molar-refractivity contribution is -0.138. The summed E-state index contributed by atoms with van der Waals surface area (Å²) in [5.41, 5.74) is 4.59. The fraction of sp³-hybridized carbons (Fsp3) is 0.222. The van der Waals surface area contributed by atoms with Crippen LogP contribution in [0, 0.1) is 3.57 Å². The molecule has 0 bridgehead atoms. The summed E-state index contributed by atoms with van der Waals surface area (Å²) in [5.74, 6) is -0.477. The lowest BCUT2D eigenvalue weighted by Crippen LogP contribution is -2.11. The van der Waals surface area contributed by atoms with E-state index in [0.717, 1.165) is 12.1 Å². The van der Waals surface area contributed by atoms with Crippen LogP contribution in [0.3, 0.4) is 0 Å². The first-order valence-corrected chi connectivity index (χ1v) is 4.98. The summed E-state index contributed by atoms with van der Waals surface area (Å²) in [4.78, 5) is 11.0. The summed E-state index contributed by atoms with van der Waals surface area (Å²) in [6.07, 6.45) is -4.46. The van der Waals surface area contributed by atoms with E-state index in [1.807, 2.05) is 0 Å². The second kappa shape index (κ2) is 3.99. The topological polar surface area (TPSA) is 43.1 Å². The van der Waals surface area contributed by atoms with Crippen molar-refractivity contribution in [1.29, 1.82) is 0 Å². The van der Waals surface area contributed by atoms with E-state index in [1.165, 1.54) is 6.92 Å². The standard InChI is InChI=1S/C9H7F3INO/c1-4(15)5-2-6(9(10,11)12)7(13)3-8(5)14/h2-3H,14H2,1H3. The van der Waals surface area contributed by atoms with E-state index in [0.29, 0.717) is 0 Å². The molecule has 15 heavy (non-hydrogen) atoms. The van der Waals surface area contributed by atoms with Gasteiger partial charge in [0.25, 0.3) is 0 Å². The van der Waals surface area contributed by atoms with Crippen molar-refractivity contribution in [3.8, 4) is 0 Å². The molecule has 0 amide bonds. The number of ketones is 1. The van der Waals surface area contributed by atoms with Crippen molar-refractivity contribution in [3.05, 3.63) is 26.8 Å². The molecule has 0 atom stereocenters. The summed E-state index contributed by atoms with van der Waals surface area (Å²) >= 11 is 1.54. The van der Waals surface area contributed by atoms with Crippen molar-refractivity contribution in [2.45, 2.75) is 13.1 Å². The van der Waals surface area contributed by atoms with Gasteiger partial charge in [-0.15, -0.1) is 0 Å². The zero-order valence-electron chi connectivity index (χ0n) is 7.65. The largest absolute Gasteiger partial charge is 0.417 e. The van der Waals surface area contributed by atoms with E-state index >= 15 is 0 Å². The number of halogens is 4. The first kappa shape index (κ1) is 12.3. The Hall–Kier alpha value is -0.790. The fourth-order valence-corrected chi connectivity index (χ4v) is 1.91. The summed E-state index contributed by atoms with van der Waals surface area (Å²) < 4.78 is 37.4. The fourth-order valence-electron chi connectivity index (χ4n) is 1.11. The lowest BCUT2D eigenvalue weighted by atomic mass is 10.1. The maximum atomic E-state index is 12.5. The predicted octanol–water partition coefficient (Wildman–Crippen LogP) is 3.09. The number of hydrogen-bond donors (Lipinski definition) is 1. The molecule has 0 saturated heterocycles. The minimum atomic E-state index is -4.46. The maximum Gasteiger partial charge on any atom is 0.417 e. The van der Waals surface area contributed by atoms with Crippen LogP contribution in [0.4, 0.5) is 18.9 Å². The Morgan fingerprint density at radius 1 is 1.40 bits per heavy atom. The Balaban J connectivity index is 3.43. The summed E-state index contributed by atoms with van der Waals surface area (Å²) in [6.45, 7) is 1.18. The normalized spacial score (nSPS) is 11.5. The van der Waals surface area contributed by atoms with E-state index in [4.69, 9.17) is 5.73 Å². The number of nitrogens with two attached hydrogens (primary N) is 1. The van der Waals surface area contributed by atoms with Crippen molar-refractivity contribution < 1.29 is 18.0 Å². The van der Waals surface area contributed by atoms with Gasteiger partial charge >= 0.3 is 6.18 Å². The van der Waals surface area contributed by atoms with Gasteiger partial charge in [-0.1, -0.05) is 0 Å². The van der Waals surface area contributed by atoms with Crippen LogP contribution in [0.1, 0.15) is 22.8 Å². The number of carbonyl (C=O) groups is 1. The molecule has 0 saturated carbocycles. The number of alkyl halides is 3. The van der Waals surface area contributed by atoms with E-state index < -0.39 is 17.5 Å². The van der Waals surface area contributed by atoms with Gasteiger partial charge in [-0.05, 0) is 41.6 Å². The van der Waals surface area contributed by atoms with Crippen LogP contribution in [0.15, 0.2) is 12.1 Å². The van der Waals surface area contributed by atoms with Gasteiger partial charge in [-0.25, -0.2) is 0 Å². The molecule has 0 aromatic heterocycles. The third-order valence-corrected chi connectivity index (χ3v) is 2.72. The van der Waals surface area contributed by atoms with Gasteiger partial charge in [-0.2, -0.15) is 13.2 Å². The Labute approximate surface area is 97.8 Å². The molecule has 0 spiro atoms. The zero-order valence-corrected chi connectivity index (χ0v) is 9.81. The SMILES string of the molecule is CC(=O)c1cc(C(F)(F)F)c(I)cc1N. The summed E-state index contributed by atoms with van der Waals surface area (Å²) in [6, 6.07) is 1.94. The molecule has 82 valence electrons. The van der Waals surface area contributed by atoms with Gasteiger partial charge in [-0.3, -0.25) is 4.79 Å². The molecule has 0 aliphatic rings. The molecule has 0 fully saturated rings. The summed E-state index contributed by atoms with van der Waals surface area (Å²) in [7, 11) is 0. The molecular formula is C9H7F3INO. The highest BCUT2D eigenvalue weighted by atomic mass is 127. The lowest BCUT2D eigenvalue weighted by Gasteiger charge is -2.11. The van der Waals surface area contributed by atoms with Crippen molar-refractivity contribution >= 4 is 34.1 Å². The highest BCUT2D eigenvalue weighted by Crippen LogP contribution is 2.35. The Kier molecular flexibility index (Phi) is 3.27. The van der Waals surface area contributed by atoms with Gasteiger partial charge in [0, 0.05) is 14.8 Å². The van der Waals surface area contributed by atoms with E-state index in [1.54, 1.807) is 22.6 Å². The van der Waals surface area contributed by atoms with Gasteiger partial charge in [0.05, 0.1) is 5.56 Å². The number of Topliss-reactive ketones (excluding diaryl/α,β-unsaturated/α-hetero) is 1. The Morgan fingerprint density at radius 2 is 1.93 bits per heavy atom. The molecule has 1 aromatic rings. The molecule has 2 nitrogen and oxygen atoms in total. The number of nitrogen functional groups attached to an aromatic ring is 1. The van der Waals surface area contributed by atoms with Crippen LogP contribution < -0.4 is 5.73 Å². The molecule has 0 aliphatic heterocycles. The van der Waals surface area contributed by atoms with Crippen LogP contribution in [-0.2, 0) is 6.18 Å². The van der Waals surface area contributed by atoms with Gasteiger partial charge < -0.3 is 5.73 Å². The van der Waals surface area contributed by atoms with Crippen molar-refractivity contribution in [2.75, 3.05) is 5.73 Å². The summed E-state index contributed by atoms with van der Waals surface area (Å²) in [5, 5.41) is 0. The van der Waals surface area contributed by atoms with Gasteiger partial charge in [0.2, 0.25) is 0 Å². The molecule has 0 radical (unpaired) electrons. The quantitative estimate of drug-likeness (QED) is 0.489. The van der Waals surface area contributed by atoms with Crippen LogP contribution in [-0.4, -0.2) is 5.78 Å². The molecule has 0 aliphatic carbocycles. The molecule has 1 aromatic carbocycles. The average molecular weight is 329 g/mol. The molecular weight excluding hydrogens is 322 g/mol.